The molecule has 0 aliphatic heterocycles. The van der Waals surface area contributed by atoms with Crippen molar-refractivity contribution >= 4 is 34.2 Å². The molecule has 0 saturated heterocycles. The fourth-order valence-corrected chi connectivity index (χ4v) is 2.10. The summed E-state index contributed by atoms with van der Waals surface area (Å²) in [5.41, 5.74) is 6.00. The van der Waals surface area contributed by atoms with E-state index in [2.05, 4.69) is 21.2 Å². The number of phenols is 1. The first-order valence-electron chi connectivity index (χ1n) is 5.91. The zero-order valence-electron chi connectivity index (χ0n) is 11.1. The number of aromatic hydroxyl groups is 1. The van der Waals surface area contributed by atoms with Gasteiger partial charge in [-0.1, -0.05) is 19.4 Å². The van der Waals surface area contributed by atoms with E-state index in [1.54, 1.807) is 25.1 Å². The molecule has 4 nitrogen and oxygen atoms in total. The number of amides is 1. The van der Waals surface area contributed by atoms with Crippen LogP contribution in [0.1, 0.15) is 32.3 Å². The maximum atomic E-state index is 11.9. The Morgan fingerprint density at radius 3 is 2.68 bits per heavy atom. The maximum absolute atomic E-state index is 11.9. The molecule has 0 heterocycles. The van der Waals surface area contributed by atoms with Crippen LogP contribution < -0.4 is 11.1 Å². The molecule has 4 N–H and O–H groups in total. The van der Waals surface area contributed by atoms with Crippen LogP contribution in [0.2, 0.25) is 0 Å². The third-order valence-corrected chi connectivity index (χ3v) is 3.39. The summed E-state index contributed by atoms with van der Waals surface area (Å²) in [5.74, 6) is 0.0215. The lowest BCUT2D eigenvalue weighted by Crippen LogP contribution is -2.51. The molecular weight excluding hydrogens is 332 g/mol. The van der Waals surface area contributed by atoms with E-state index in [9.17, 15) is 9.90 Å². The van der Waals surface area contributed by atoms with Crippen molar-refractivity contribution in [1.82, 2.24) is 5.32 Å². The number of carbonyl (C=O) groups excluding carboxylic acids is 1. The van der Waals surface area contributed by atoms with Crippen LogP contribution in [-0.4, -0.2) is 16.6 Å². The molecule has 0 aromatic heterocycles. The van der Waals surface area contributed by atoms with Crippen molar-refractivity contribution in [3.8, 4) is 5.75 Å². The number of nitrogens with two attached hydrogens (primary N) is 1. The van der Waals surface area contributed by atoms with Gasteiger partial charge in [0.15, 0.2) is 0 Å². The summed E-state index contributed by atoms with van der Waals surface area (Å²) in [4.78, 5) is 11.9. The minimum atomic E-state index is -0.830. The van der Waals surface area contributed by atoms with E-state index >= 15 is 0 Å². The van der Waals surface area contributed by atoms with E-state index in [0.29, 0.717) is 17.4 Å². The Balaban J connectivity index is 0.00000324. The summed E-state index contributed by atoms with van der Waals surface area (Å²) in [6.07, 6.45) is 1.52. The number of phenolic OH excluding ortho intramolecular Hbond substituents is 1. The normalized spacial score (nSPS) is 13.3. The average molecular weight is 352 g/mol. The molecule has 0 spiro atoms. The zero-order valence-corrected chi connectivity index (χ0v) is 13.5. The van der Waals surface area contributed by atoms with E-state index in [1.807, 2.05) is 6.92 Å². The van der Waals surface area contributed by atoms with Gasteiger partial charge >= 0.3 is 0 Å². The summed E-state index contributed by atoms with van der Waals surface area (Å²) >= 11 is 3.23. The van der Waals surface area contributed by atoms with Crippen LogP contribution in [0.5, 0.6) is 5.75 Å². The smallest absolute Gasteiger partial charge is 0.240 e. The predicted molar refractivity (Wildman–Crippen MR) is 82.4 cm³/mol. The van der Waals surface area contributed by atoms with Gasteiger partial charge in [0, 0.05) is 6.54 Å². The third kappa shape index (κ3) is 5.38. The number of nitrogens with one attached hydrogen (secondary N) is 1. The molecule has 6 heteroatoms. The Hall–Kier alpha value is -0.780. The second-order valence-corrected chi connectivity index (χ2v) is 5.49. The minimum absolute atomic E-state index is 0. The standard InChI is InChI=1S/C13H19BrN2O2.ClH/c1-3-6-13(2,15)12(18)16-8-9-4-5-11(17)10(14)7-9;/h4-5,7,17H,3,6,8,15H2,1-2H3,(H,16,18);1H. The van der Waals surface area contributed by atoms with Gasteiger partial charge in [-0.15, -0.1) is 12.4 Å². The Morgan fingerprint density at radius 1 is 1.53 bits per heavy atom. The van der Waals surface area contributed by atoms with Gasteiger partial charge in [-0.05, 0) is 47.0 Å². The predicted octanol–water partition coefficient (Wildman–Crippen LogP) is 2.71. The third-order valence-electron chi connectivity index (χ3n) is 2.75. The van der Waals surface area contributed by atoms with Crippen molar-refractivity contribution in [3.05, 3.63) is 28.2 Å². The van der Waals surface area contributed by atoms with Crippen LogP contribution in [-0.2, 0) is 11.3 Å². The molecular formula is C13H20BrClN2O2. The number of rotatable bonds is 5. The van der Waals surface area contributed by atoms with Gasteiger partial charge in [0.1, 0.15) is 5.75 Å². The molecule has 1 atom stereocenters. The van der Waals surface area contributed by atoms with Crippen LogP contribution in [0.3, 0.4) is 0 Å². The first-order chi connectivity index (χ1) is 8.36. The van der Waals surface area contributed by atoms with Crippen molar-refractivity contribution in [1.29, 1.82) is 0 Å². The zero-order chi connectivity index (χ0) is 13.8. The molecule has 0 aliphatic carbocycles. The number of hydrogen-bond donors (Lipinski definition) is 3. The lowest BCUT2D eigenvalue weighted by atomic mass is 9.96. The Morgan fingerprint density at radius 2 is 2.16 bits per heavy atom. The first-order valence-corrected chi connectivity index (χ1v) is 6.70. The van der Waals surface area contributed by atoms with E-state index < -0.39 is 5.54 Å². The number of halogens is 2. The Bertz CT molecular complexity index is 439. The van der Waals surface area contributed by atoms with Crippen molar-refractivity contribution in [2.24, 2.45) is 5.73 Å². The SMILES string of the molecule is CCCC(C)(N)C(=O)NCc1ccc(O)c(Br)c1.Cl. The van der Waals surface area contributed by atoms with Crippen molar-refractivity contribution in [3.63, 3.8) is 0 Å². The van der Waals surface area contributed by atoms with Crippen LogP contribution in [0, 0.1) is 0 Å². The lowest BCUT2D eigenvalue weighted by Gasteiger charge is -2.22. The van der Waals surface area contributed by atoms with E-state index in [4.69, 9.17) is 5.73 Å². The molecule has 1 amide bonds. The largest absolute Gasteiger partial charge is 0.507 e. The monoisotopic (exact) mass is 350 g/mol. The molecule has 19 heavy (non-hydrogen) atoms. The molecule has 0 aliphatic rings. The maximum Gasteiger partial charge on any atom is 0.240 e. The molecule has 0 saturated carbocycles. The summed E-state index contributed by atoms with van der Waals surface area (Å²) in [5, 5.41) is 12.2. The van der Waals surface area contributed by atoms with Crippen LogP contribution >= 0.6 is 28.3 Å². The highest BCUT2D eigenvalue weighted by Gasteiger charge is 2.26. The fraction of sp³-hybridized carbons (Fsp3) is 0.462. The van der Waals surface area contributed by atoms with Crippen molar-refractivity contribution in [2.75, 3.05) is 0 Å². The first kappa shape index (κ1) is 18.2. The van der Waals surface area contributed by atoms with Gasteiger partial charge in [0.05, 0.1) is 10.0 Å². The van der Waals surface area contributed by atoms with Crippen LogP contribution in [0.25, 0.3) is 0 Å². The highest BCUT2D eigenvalue weighted by molar-refractivity contribution is 9.10. The molecule has 108 valence electrons. The summed E-state index contributed by atoms with van der Waals surface area (Å²) < 4.78 is 0.610. The highest BCUT2D eigenvalue weighted by Crippen LogP contribution is 2.24. The number of benzene rings is 1. The summed E-state index contributed by atoms with van der Waals surface area (Å²) in [6, 6.07) is 5.11. The highest BCUT2D eigenvalue weighted by atomic mass is 79.9. The van der Waals surface area contributed by atoms with Gasteiger partial charge in [0.25, 0.3) is 0 Å². The Labute approximate surface area is 128 Å². The van der Waals surface area contributed by atoms with Crippen molar-refractivity contribution < 1.29 is 9.90 Å². The second kappa shape index (κ2) is 7.72. The molecule has 1 unspecified atom stereocenters. The van der Waals surface area contributed by atoms with Gasteiger partial charge in [-0.2, -0.15) is 0 Å². The molecule has 1 aromatic carbocycles. The molecule has 1 aromatic rings. The van der Waals surface area contributed by atoms with Crippen LogP contribution in [0.4, 0.5) is 0 Å². The van der Waals surface area contributed by atoms with Gasteiger partial charge < -0.3 is 16.2 Å². The number of carbonyl (C=O) groups is 1. The summed E-state index contributed by atoms with van der Waals surface area (Å²) in [6.45, 7) is 4.13. The quantitative estimate of drug-likeness (QED) is 0.763. The number of hydrogen-bond acceptors (Lipinski definition) is 3. The molecule has 1 rings (SSSR count). The second-order valence-electron chi connectivity index (χ2n) is 4.64. The van der Waals surface area contributed by atoms with E-state index in [1.165, 1.54) is 0 Å². The van der Waals surface area contributed by atoms with E-state index in [-0.39, 0.29) is 24.1 Å². The van der Waals surface area contributed by atoms with Crippen LogP contribution in [0.15, 0.2) is 22.7 Å². The van der Waals surface area contributed by atoms with E-state index in [0.717, 1.165) is 12.0 Å². The average Bonchev–Trinajstić information content (AvgIpc) is 2.30. The van der Waals surface area contributed by atoms with Gasteiger partial charge in [-0.3, -0.25) is 4.79 Å². The lowest BCUT2D eigenvalue weighted by molar-refractivity contribution is -0.126. The minimum Gasteiger partial charge on any atom is -0.507 e. The molecule has 0 radical (unpaired) electrons. The van der Waals surface area contributed by atoms with Gasteiger partial charge in [-0.25, -0.2) is 0 Å². The molecule has 0 fully saturated rings. The van der Waals surface area contributed by atoms with Gasteiger partial charge in [0.2, 0.25) is 5.91 Å². The van der Waals surface area contributed by atoms with Crippen molar-refractivity contribution in [2.45, 2.75) is 38.8 Å². The fourth-order valence-electron chi connectivity index (χ4n) is 1.68. The molecule has 0 bridgehead atoms. The summed E-state index contributed by atoms with van der Waals surface area (Å²) in [7, 11) is 0. The topological polar surface area (TPSA) is 75.4 Å². The Kier molecular flexibility index (Phi) is 7.41.